The highest BCUT2D eigenvalue weighted by Gasteiger charge is 2.33. The summed E-state index contributed by atoms with van der Waals surface area (Å²) in [5.74, 6) is 0.702. The number of aromatic nitrogens is 2. The van der Waals surface area contributed by atoms with E-state index in [0.717, 1.165) is 16.5 Å². The van der Waals surface area contributed by atoms with Gasteiger partial charge in [0.2, 0.25) is 0 Å². The van der Waals surface area contributed by atoms with Gasteiger partial charge in [-0.2, -0.15) is 0 Å². The Hall–Kier alpha value is -2.64. The van der Waals surface area contributed by atoms with Crippen molar-refractivity contribution in [3.05, 3.63) is 66.1 Å². The Morgan fingerprint density at radius 2 is 2.00 bits per heavy atom. The maximum atomic E-state index is 13.4. The first-order chi connectivity index (χ1) is 14.1. The predicted molar refractivity (Wildman–Crippen MR) is 116 cm³/mol. The first kappa shape index (κ1) is 19.7. The Labute approximate surface area is 174 Å². The van der Waals surface area contributed by atoms with Gasteiger partial charge in [0.1, 0.15) is 0 Å². The number of nitrogens with one attached hydrogen (secondary N) is 1. The largest absolute Gasteiger partial charge is 0.328 e. The van der Waals surface area contributed by atoms with E-state index in [1.807, 2.05) is 56.4 Å². The summed E-state index contributed by atoms with van der Waals surface area (Å²) in [4.78, 5) is 32.2. The lowest BCUT2D eigenvalue weighted by Crippen LogP contribution is -2.35. The van der Waals surface area contributed by atoms with E-state index in [9.17, 15) is 9.59 Å². The summed E-state index contributed by atoms with van der Waals surface area (Å²) in [5, 5.41) is 4.28. The summed E-state index contributed by atoms with van der Waals surface area (Å²) in [6, 6.07) is 11.1. The minimum atomic E-state index is -0.298. The molecular formula is C22H24N4O2S. The van der Waals surface area contributed by atoms with E-state index in [4.69, 9.17) is 0 Å². The van der Waals surface area contributed by atoms with Crippen molar-refractivity contribution in [2.75, 3.05) is 18.8 Å². The van der Waals surface area contributed by atoms with Crippen LogP contribution in [0.1, 0.15) is 35.1 Å². The summed E-state index contributed by atoms with van der Waals surface area (Å²) in [7, 11) is 0. The van der Waals surface area contributed by atoms with Crippen molar-refractivity contribution < 1.29 is 9.59 Å². The van der Waals surface area contributed by atoms with E-state index >= 15 is 0 Å². The van der Waals surface area contributed by atoms with Crippen LogP contribution in [0.25, 0.3) is 10.9 Å². The zero-order valence-corrected chi connectivity index (χ0v) is 17.4. The normalized spacial score (nSPS) is 18.8. The van der Waals surface area contributed by atoms with Crippen molar-refractivity contribution in [1.82, 2.24) is 19.8 Å². The number of rotatable bonds is 5. The number of hydrogen-bond donors (Lipinski definition) is 1. The lowest BCUT2D eigenvalue weighted by Gasteiger charge is -2.19. The standard InChI is InChI=1S/C22H24N4O2S/c1-3-25(4-2)22(28)26-13-17(16-9-5-6-10-19(16)26)20(27)18-14-29-21(24-18)15-8-7-11-23-12-15/h5-13,18,21,24H,3-4,14H2,1-2H3/t18-,21?/m0/s1. The molecule has 4 rings (SSSR count). The average Bonchev–Trinajstić information content (AvgIpc) is 3.40. The fraction of sp³-hybridized carbons (Fsp3) is 0.318. The first-order valence-corrected chi connectivity index (χ1v) is 10.9. The van der Waals surface area contributed by atoms with E-state index in [1.165, 1.54) is 0 Å². The first-order valence-electron chi connectivity index (χ1n) is 9.85. The summed E-state index contributed by atoms with van der Waals surface area (Å²) in [5.41, 5.74) is 2.42. The molecule has 1 fully saturated rings. The molecule has 0 bridgehead atoms. The zero-order valence-electron chi connectivity index (χ0n) is 16.5. The highest BCUT2D eigenvalue weighted by atomic mass is 32.2. The van der Waals surface area contributed by atoms with E-state index in [1.54, 1.807) is 33.6 Å². The van der Waals surface area contributed by atoms with Crippen LogP contribution >= 0.6 is 11.8 Å². The number of fused-ring (bicyclic) bond motifs is 1. The molecule has 1 saturated heterocycles. The Kier molecular flexibility index (Phi) is 5.69. The van der Waals surface area contributed by atoms with Crippen LogP contribution < -0.4 is 5.32 Å². The molecule has 0 saturated carbocycles. The number of nitrogens with zero attached hydrogens (tertiary/aromatic N) is 3. The van der Waals surface area contributed by atoms with Gasteiger partial charge in [0.15, 0.2) is 5.78 Å². The maximum Gasteiger partial charge on any atom is 0.328 e. The molecule has 3 heterocycles. The molecule has 0 radical (unpaired) electrons. The van der Waals surface area contributed by atoms with Crippen LogP contribution in [0.4, 0.5) is 4.79 Å². The van der Waals surface area contributed by atoms with Crippen molar-refractivity contribution in [2.45, 2.75) is 25.3 Å². The molecule has 29 heavy (non-hydrogen) atoms. The van der Waals surface area contributed by atoms with Crippen molar-refractivity contribution in [3.8, 4) is 0 Å². The van der Waals surface area contributed by atoms with Crippen LogP contribution in [-0.2, 0) is 0 Å². The molecule has 0 spiro atoms. The number of thioether (sulfide) groups is 1. The van der Waals surface area contributed by atoms with Crippen LogP contribution in [0.2, 0.25) is 0 Å². The molecule has 6 nitrogen and oxygen atoms in total. The number of hydrogen-bond acceptors (Lipinski definition) is 5. The molecule has 7 heteroatoms. The van der Waals surface area contributed by atoms with E-state index < -0.39 is 0 Å². The van der Waals surface area contributed by atoms with Gasteiger partial charge in [0.05, 0.1) is 16.9 Å². The summed E-state index contributed by atoms with van der Waals surface area (Å²) in [6.07, 6.45) is 5.27. The van der Waals surface area contributed by atoms with Crippen LogP contribution in [0, 0.1) is 0 Å². The van der Waals surface area contributed by atoms with Gasteiger partial charge in [-0.1, -0.05) is 24.3 Å². The number of benzene rings is 1. The number of carbonyl (C=O) groups is 2. The molecule has 2 aromatic heterocycles. The average molecular weight is 409 g/mol. The summed E-state index contributed by atoms with van der Waals surface area (Å²) >= 11 is 1.70. The molecule has 0 aliphatic carbocycles. The van der Waals surface area contributed by atoms with Gasteiger partial charge >= 0.3 is 6.03 Å². The molecule has 1 N–H and O–H groups in total. The highest BCUT2D eigenvalue weighted by molar-refractivity contribution is 7.99. The SMILES string of the molecule is CCN(CC)C(=O)n1cc(C(=O)[C@@H]2CSC(c3cccnc3)N2)c2ccccc21. The number of para-hydroxylation sites is 1. The van der Waals surface area contributed by atoms with Gasteiger partial charge in [-0.05, 0) is 31.5 Å². The third kappa shape index (κ3) is 3.68. The van der Waals surface area contributed by atoms with Crippen LogP contribution in [0.15, 0.2) is 55.0 Å². The quantitative estimate of drug-likeness (QED) is 0.648. The van der Waals surface area contributed by atoms with Crippen LogP contribution in [-0.4, -0.2) is 51.1 Å². The minimum absolute atomic E-state index is 0.0196. The minimum Gasteiger partial charge on any atom is -0.325 e. The Morgan fingerprint density at radius 3 is 2.72 bits per heavy atom. The smallest absolute Gasteiger partial charge is 0.325 e. The second-order valence-electron chi connectivity index (χ2n) is 6.97. The molecule has 1 aromatic carbocycles. The molecule has 150 valence electrons. The molecule has 1 unspecified atom stereocenters. The van der Waals surface area contributed by atoms with Crippen molar-refractivity contribution >= 4 is 34.5 Å². The number of amides is 1. The molecule has 1 aliphatic rings. The van der Waals surface area contributed by atoms with Gasteiger partial charge in [-0.15, -0.1) is 11.8 Å². The molecular weight excluding hydrogens is 384 g/mol. The summed E-state index contributed by atoms with van der Waals surface area (Å²) in [6.45, 7) is 5.16. The van der Waals surface area contributed by atoms with Crippen molar-refractivity contribution in [1.29, 1.82) is 0 Å². The van der Waals surface area contributed by atoms with Gasteiger partial charge in [-0.3, -0.25) is 19.7 Å². The lowest BCUT2D eigenvalue weighted by molar-refractivity contribution is 0.0957. The third-order valence-electron chi connectivity index (χ3n) is 5.30. The second-order valence-corrected chi connectivity index (χ2v) is 8.11. The van der Waals surface area contributed by atoms with Gasteiger partial charge < -0.3 is 4.90 Å². The zero-order chi connectivity index (χ0) is 20.4. The van der Waals surface area contributed by atoms with Crippen molar-refractivity contribution in [3.63, 3.8) is 0 Å². The van der Waals surface area contributed by atoms with Crippen molar-refractivity contribution in [2.24, 2.45) is 0 Å². The van der Waals surface area contributed by atoms with E-state index in [0.29, 0.717) is 24.4 Å². The maximum absolute atomic E-state index is 13.4. The molecule has 2 atom stereocenters. The van der Waals surface area contributed by atoms with Crippen LogP contribution in [0.5, 0.6) is 0 Å². The number of carbonyl (C=O) groups excluding carboxylic acids is 2. The van der Waals surface area contributed by atoms with E-state index in [-0.39, 0.29) is 23.2 Å². The Bertz CT molecular complexity index is 1030. The summed E-state index contributed by atoms with van der Waals surface area (Å²) < 4.78 is 1.61. The number of Topliss-reactive ketones (excluding diaryl/α,β-unsaturated/α-hetero) is 1. The highest BCUT2D eigenvalue weighted by Crippen LogP contribution is 2.34. The monoisotopic (exact) mass is 408 g/mol. The fourth-order valence-electron chi connectivity index (χ4n) is 3.71. The topological polar surface area (TPSA) is 67.2 Å². The van der Waals surface area contributed by atoms with Crippen LogP contribution in [0.3, 0.4) is 0 Å². The van der Waals surface area contributed by atoms with Gasteiger partial charge in [-0.25, -0.2) is 4.79 Å². The third-order valence-corrected chi connectivity index (χ3v) is 6.57. The van der Waals surface area contributed by atoms with Gasteiger partial charge in [0, 0.05) is 48.4 Å². The molecule has 1 amide bonds. The Balaban J connectivity index is 1.64. The number of ketones is 1. The Morgan fingerprint density at radius 1 is 1.21 bits per heavy atom. The fourth-order valence-corrected chi connectivity index (χ4v) is 4.94. The van der Waals surface area contributed by atoms with Gasteiger partial charge in [0.25, 0.3) is 0 Å². The molecule has 1 aliphatic heterocycles. The van der Waals surface area contributed by atoms with E-state index in [2.05, 4.69) is 10.3 Å². The lowest BCUT2D eigenvalue weighted by atomic mass is 10.0. The predicted octanol–water partition coefficient (Wildman–Crippen LogP) is 3.93. The molecule has 3 aromatic rings. The number of pyridine rings is 1. The second kappa shape index (κ2) is 8.39.